The van der Waals surface area contributed by atoms with E-state index in [1.807, 2.05) is 85.8 Å². The van der Waals surface area contributed by atoms with Crippen LogP contribution in [0, 0.1) is 6.92 Å². The van der Waals surface area contributed by atoms with Crippen LogP contribution in [0.1, 0.15) is 21.6 Å². The van der Waals surface area contributed by atoms with E-state index in [4.69, 9.17) is 14.6 Å². The van der Waals surface area contributed by atoms with Gasteiger partial charge in [0.25, 0.3) is 0 Å². The molecule has 0 atom stereocenters. The molecule has 0 saturated heterocycles. The minimum Gasteiger partial charge on any atom is -0.497 e. The summed E-state index contributed by atoms with van der Waals surface area (Å²) in [6.07, 6.45) is 1.69. The highest BCUT2D eigenvalue weighted by Crippen LogP contribution is 2.31. The molecular formula is C32H26N6O4. The van der Waals surface area contributed by atoms with Crippen LogP contribution in [0.5, 0.6) is 17.4 Å². The molecule has 0 amide bonds. The zero-order valence-corrected chi connectivity index (χ0v) is 22.8. The number of para-hydroxylation sites is 1. The number of aromatic amines is 1. The van der Waals surface area contributed by atoms with Crippen molar-refractivity contribution >= 4 is 28.9 Å². The van der Waals surface area contributed by atoms with E-state index in [0.29, 0.717) is 23.0 Å². The Labute approximate surface area is 240 Å². The van der Waals surface area contributed by atoms with Crippen molar-refractivity contribution < 1.29 is 19.4 Å². The van der Waals surface area contributed by atoms with Gasteiger partial charge in [0, 0.05) is 5.56 Å². The lowest BCUT2D eigenvalue weighted by atomic mass is 10.2. The number of carboxylic acids is 1. The fourth-order valence-electron chi connectivity index (χ4n) is 4.41. The number of carbonyl (C=O) groups is 1. The molecule has 0 fully saturated rings. The predicted octanol–water partition coefficient (Wildman–Crippen LogP) is 6.67. The average Bonchev–Trinajstić information content (AvgIpc) is 3.59. The van der Waals surface area contributed by atoms with Gasteiger partial charge >= 0.3 is 5.97 Å². The first kappa shape index (κ1) is 26.3. The summed E-state index contributed by atoms with van der Waals surface area (Å²) in [7, 11) is 1.62. The van der Waals surface area contributed by atoms with Gasteiger partial charge in [0.05, 0.1) is 52.6 Å². The molecule has 10 nitrogen and oxygen atoms in total. The van der Waals surface area contributed by atoms with Gasteiger partial charge in [-0.2, -0.15) is 14.9 Å². The highest BCUT2D eigenvalue weighted by Gasteiger charge is 2.18. The lowest BCUT2D eigenvalue weighted by Crippen LogP contribution is -2.01. The van der Waals surface area contributed by atoms with Gasteiger partial charge in [-0.1, -0.05) is 18.2 Å². The van der Waals surface area contributed by atoms with Crippen LogP contribution in [-0.2, 0) is 0 Å². The molecule has 0 unspecified atom stereocenters. The van der Waals surface area contributed by atoms with Gasteiger partial charge in [0.2, 0.25) is 5.88 Å². The zero-order chi connectivity index (χ0) is 29.1. The first-order valence-corrected chi connectivity index (χ1v) is 13.1. The molecule has 0 spiro atoms. The van der Waals surface area contributed by atoms with E-state index in [2.05, 4.69) is 20.5 Å². The molecule has 2 heterocycles. The molecule has 0 aliphatic rings. The number of aromatic carboxylic acids is 1. The van der Waals surface area contributed by atoms with Crippen LogP contribution in [-0.4, -0.2) is 44.1 Å². The molecule has 4 aromatic carbocycles. The molecule has 3 N–H and O–H groups in total. The number of aryl methyl sites for hydroxylation is 1. The Morgan fingerprint density at radius 1 is 0.976 bits per heavy atom. The van der Waals surface area contributed by atoms with Gasteiger partial charge < -0.3 is 19.6 Å². The van der Waals surface area contributed by atoms with E-state index in [-0.39, 0.29) is 5.56 Å². The fourth-order valence-corrected chi connectivity index (χ4v) is 4.41. The number of hydrogen-bond donors (Lipinski definition) is 3. The minimum absolute atomic E-state index is 0.188. The topological polar surface area (TPSA) is 127 Å². The van der Waals surface area contributed by atoms with Crippen molar-refractivity contribution in [3.8, 4) is 34.5 Å². The molecule has 6 rings (SSSR count). The second-order valence-corrected chi connectivity index (χ2v) is 9.40. The van der Waals surface area contributed by atoms with Crippen LogP contribution in [0.25, 0.3) is 28.1 Å². The SMILES string of the molecule is COc1ccc(N/N=C/c2c(C)nn(-c3ccccc3)c2Oc2ccc(-c3nc4cc(C(=O)O)ccc4[nH]3)cc2)cc1. The minimum atomic E-state index is -0.992. The van der Waals surface area contributed by atoms with Crippen molar-refractivity contribution in [2.24, 2.45) is 5.10 Å². The molecule has 0 aliphatic heterocycles. The summed E-state index contributed by atoms with van der Waals surface area (Å²) in [6, 6.07) is 29.5. The lowest BCUT2D eigenvalue weighted by molar-refractivity contribution is 0.0697. The van der Waals surface area contributed by atoms with Gasteiger partial charge in [-0.3, -0.25) is 5.43 Å². The van der Waals surface area contributed by atoms with Crippen molar-refractivity contribution in [1.82, 2.24) is 19.7 Å². The van der Waals surface area contributed by atoms with Crippen molar-refractivity contribution in [2.45, 2.75) is 6.92 Å². The Balaban J connectivity index is 1.29. The Kier molecular flexibility index (Phi) is 7.08. The number of benzene rings is 4. The number of ether oxygens (including phenoxy) is 2. The summed E-state index contributed by atoms with van der Waals surface area (Å²) in [5.41, 5.74) is 8.51. The Morgan fingerprint density at radius 3 is 2.43 bits per heavy atom. The third-order valence-electron chi connectivity index (χ3n) is 6.61. The normalized spacial score (nSPS) is 11.2. The van der Waals surface area contributed by atoms with Crippen LogP contribution < -0.4 is 14.9 Å². The number of imidazole rings is 1. The Hall–Kier alpha value is -5.90. The van der Waals surface area contributed by atoms with Crippen molar-refractivity contribution in [3.05, 3.63) is 114 Å². The number of fused-ring (bicyclic) bond motifs is 1. The zero-order valence-electron chi connectivity index (χ0n) is 22.8. The summed E-state index contributed by atoms with van der Waals surface area (Å²) in [6.45, 7) is 1.90. The molecule has 10 heteroatoms. The largest absolute Gasteiger partial charge is 0.497 e. The third kappa shape index (κ3) is 5.41. The van der Waals surface area contributed by atoms with E-state index >= 15 is 0 Å². The number of nitrogens with zero attached hydrogens (tertiary/aromatic N) is 4. The van der Waals surface area contributed by atoms with Crippen LogP contribution in [0.4, 0.5) is 5.69 Å². The van der Waals surface area contributed by atoms with Gasteiger partial charge in [-0.25, -0.2) is 9.78 Å². The van der Waals surface area contributed by atoms with Gasteiger partial charge in [0.1, 0.15) is 17.3 Å². The van der Waals surface area contributed by atoms with Gasteiger partial charge in [-0.15, -0.1) is 0 Å². The molecule has 0 radical (unpaired) electrons. The van der Waals surface area contributed by atoms with Crippen molar-refractivity contribution in [3.63, 3.8) is 0 Å². The number of anilines is 1. The predicted molar refractivity (Wildman–Crippen MR) is 161 cm³/mol. The number of aromatic nitrogens is 4. The third-order valence-corrected chi connectivity index (χ3v) is 6.61. The van der Waals surface area contributed by atoms with Gasteiger partial charge in [0.15, 0.2) is 0 Å². The molecule has 208 valence electrons. The van der Waals surface area contributed by atoms with Crippen LogP contribution >= 0.6 is 0 Å². The van der Waals surface area contributed by atoms with E-state index in [1.165, 1.54) is 0 Å². The molecule has 6 aromatic rings. The van der Waals surface area contributed by atoms with Crippen LogP contribution in [0.3, 0.4) is 0 Å². The number of carboxylic acid groups (broad SMARTS) is 1. The second kappa shape index (κ2) is 11.3. The van der Waals surface area contributed by atoms with Crippen LogP contribution in [0.2, 0.25) is 0 Å². The molecule has 0 bridgehead atoms. The van der Waals surface area contributed by atoms with Crippen molar-refractivity contribution in [1.29, 1.82) is 0 Å². The van der Waals surface area contributed by atoms with Crippen LogP contribution in [0.15, 0.2) is 102 Å². The maximum absolute atomic E-state index is 11.3. The number of hydrogen-bond acceptors (Lipinski definition) is 7. The molecule has 2 aromatic heterocycles. The number of rotatable bonds is 9. The first-order valence-electron chi connectivity index (χ1n) is 13.1. The second-order valence-electron chi connectivity index (χ2n) is 9.40. The number of methoxy groups -OCH3 is 1. The van der Waals surface area contributed by atoms with Gasteiger partial charge in [-0.05, 0) is 85.8 Å². The summed E-state index contributed by atoms with van der Waals surface area (Å²) in [5.74, 6) is 1.50. The van der Waals surface area contributed by atoms with E-state index in [9.17, 15) is 9.90 Å². The molecule has 0 aliphatic carbocycles. The number of nitrogens with one attached hydrogen (secondary N) is 2. The highest BCUT2D eigenvalue weighted by molar-refractivity contribution is 5.93. The maximum atomic E-state index is 11.3. The summed E-state index contributed by atoms with van der Waals surface area (Å²) >= 11 is 0. The first-order chi connectivity index (χ1) is 20.5. The number of H-pyrrole nitrogens is 1. The molecule has 0 saturated carbocycles. The highest BCUT2D eigenvalue weighted by atomic mass is 16.5. The van der Waals surface area contributed by atoms with E-state index in [0.717, 1.165) is 39.5 Å². The lowest BCUT2D eigenvalue weighted by Gasteiger charge is -2.10. The Morgan fingerprint density at radius 2 is 1.71 bits per heavy atom. The quantitative estimate of drug-likeness (QED) is 0.134. The number of hydrazone groups is 1. The Bertz CT molecular complexity index is 1890. The summed E-state index contributed by atoms with van der Waals surface area (Å²) < 4.78 is 13.4. The average molecular weight is 559 g/mol. The summed E-state index contributed by atoms with van der Waals surface area (Å²) in [4.78, 5) is 19.1. The van der Waals surface area contributed by atoms with E-state index < -0.39 is 5.97 Å². The maximum Gasteiger partial charge on any atom is 0.335 e. The standard InChI is InChI=1S/C32H26N6O4/c1-20-27(19-33-36-23-11-15-25(41-2)16-12-23)31(38(37-20)24-6-4-3-5-7-24)42-26-13-8-21(9-14-26)30-34-28-17-10-22(32(39)40)18-29(28)35-30/h3-19,36H,1-2H3,(H,34,35)(H,39,40)/b33-19+. The summed E-state index contributed by atoms with van der Waals surface area (Å²) in [5, 5.41) is 18.4. The van der Waals surface area contributed by atoms with Crippen molar-refractivity contribution in [2.75, 3.05) is 12.5 Å². The molecular weight excluding hydrogens is 532 g/mol. The molecule has 42 heavy (non-hydrogen) atoms. The smallest absolute Gasteiger partial charge is 0.335 e. The van der Waals surface area contributed by atoms with E-state index in [1.54, 1.807) is 36.2 Å². The monoisotopic (exact) mass is 558 g/mol. The fraction of sp³-hybridized carbons (Fsp3) is 0.0625.